The molecular weight excluding hydrogens is 334 g/mol. The molecule has 142 valence electrons. The van der Waals surface area contributed by atoms with Crippen molar-refractivity contribution in [3.63, 3.8) is 0 Å². The van der Waals surface area contributed by atoms with Crippen LogP contribution >= 0.6 is 0 Å². The maximum absolute atomic E-state index is 12.6. The zero-order valence-electron chi connectivity index (χ0n) is 16.0. The van der Waals surface area contributed by atoms with E-state index in [1.807, 2.05) is 48.5 Å². The van der Waals surface area contributed by atoms with Crippen molar-refractivity contribution in [2.75, 3.05) is 19.5 Å². The number of hydrogen-bond donors (Lipinski definition) is 0. The van der Waals surface area contributed by atoms with E-state index in [4.69, 9.17) is 13.7 Å². The Bertz CT molecular complexity index is 562. The second-order valence-electron chi connectivity index (χ2n) is 8.60. The van der Waals surface area contributed by atoms with Crippen LogP contribution in [0.1, 0.15) is 54.9 Å². The fraction of sp³-hybridized carbons (Fsp3) is 0.938. The van der Waals surface area contributed by atoms with Gasteiger partial charge in [0, 0.05) is 0 Å². The summed E-state index contributed by atoms with van der Waals surface area (Å²) in [5, 5.41) is 0. The van der Waals surface area contributed by atoms with Crippen molar-refractivity contribution >= 4 is 16.2 Å². The van der Waals surface area contributed by atoms with Crippen LogP contribution in [-0.4, -0.2) is 56.2 Å². The Labute approximate surface area is 145 Å². The minimum atomic E-state index is -3.50. The highest BCUT2D eigenvalue weighted by Crippen LogP contribution is 2.35. The van der Waals surface area contributed by atoms with Crippen LogP contribution in [0.4, 0.5) is 4.79 Å². The van der Waals surface area contributed by atoms with Gasteiger partial charge in [0.1, 0.15) is 11.3 Å². The predicted molar refractivity (Wildman–Crippen MR) is 91.1 cm³/mol. The van der Waals surface area contributed by atoms with Gasteiger partial charge in [-0.2, -0.15) is 8.42 Å². The SMILES string of the molecule is CC(C)(COS(C)(=O)=O)CC1COC(C)(C)N1C(=O)OC(C)(C)C. The molecule has 0 bridgehead atoms. The van der Waals surface area contributed by atoms with Gasteiger partial charge in [-0.3, -0.25) is 9.08 Å². The predicted octanol–water partition coefficient (Wildman–Crippen LogP) is 2.75. The van der Waals surface area contributed by atoms with E-state index in [9.17, 15) is 13.2 Å². The molecule has 0 radical (unpaired) electrons. The Balaban J connectivity index is 2.87. The molecule has 7 nitrogen and oxygen atoms in total. The number of ether oxygens (including phenoxy) is 2. The summed E-state index contributed by atoms with van der Waals surface area (Å²) in [5.41, 5.74) is -1.83. The van der Waals surface area contributed by atoms with E-state index < -0.39 is 33.0 Å². The molecule has 1 atom stereocenters. The largest absolute Gasteiger partial charge is 0.444 e. The van der Waals surface area contributed by atoms with Crippen LogP contribution in [-0.2, 0) is 23.8 Å². The Morgan fingerprint density at radius 3 is 2.25 bits per heavy atom. The van der Waals surface area contributed by atoms with E-state index >= 15 is 0 Å². The van der Waals surface area contributed by atoms with Crippen molar-refractivity contribution < 1.29 is 26.9 Å². The fourth-order valence-corrected chi connectivity index (χ4v) is 3.21. The molecule has 1 aliphatic rings. The zero-order chi connectivity index (χ0) is 19.0. The van der Waals surface area contributed by atoms with Crippen LogP contribution in [0.25, 0.3) is 0 Å². The summed E-state index contributed by atoms with van der Waals surface area (Å²) in [7, 11) is -3.50. The number of carbonyl (C=O) groups excluding carboxylic acids is 1. The first-order valence-corrected chi connectivity index (χ1v) is 9.85. The Hall–Kier alpha value is -0.860. The quantitative estimate of drug-likeness (QED) is 0.697. The van der Waals surface area contributed by atoms with Crippen LogP contribution in [0.15, 0.2) is 0 Å². The van der Waals surface area contributed by atoms with Crippen LogP contribution < -0.4 is 0 Å². The van der Waals surface area contributed by atoms with Gasteiger partial charge in [-0.1, -0.05) is 13.8 Å². The second kappa shape index (κ2) is 6.80. The lowest BCUT2D eigenvalue weighted by Crippen LogP contribution is -2.51. The normalized spacial score (nSPS) is 21.8. The van der Waals surface area contributed by atoms with E-state index in [-0.39, 0.29) is 12.6 Å². The smallest absolute Gasteiger partial charge is 0.412 e. The molecule has 0 aromatic heterocycles. The molecule has 1 rings (SSSR count). The second-order valence-corrected chi connectivity index (χ2v) is 10.2. The first-order chi connectivity index (χ1) is 10.5. The van der Waals surface area contributed by atoms with Crippen molar-refractivity contribution in [2.45, 2.75) is 72.3 Å². The third-order valence-electron chi connectivity index (χ3n) is 3.62. The molecule has 1 fully saturated rings. The van der Waals surface area contributed by atoms with Crippen LogP contribution in [0, 0.1) is 5.41 Å². The number of amides is 1. The molecule has 8 heteroatoms. The van der Waals surface area contributed by atoms with Crippen molar-refractivity contribution in [3.8, 4) is 0 Å². The molecule has 0 aromatic rings. The van der Waals surface area contributed by atoms with Crippen molar-refractivity contribution in [2.24, 2.45) is 5.41 Å². The first-order valence-electron chi connectivity index (χ1n) is 8.03. The number of nitrogens with zero attached hydrogens (tertiary/aromatic N) is 1. The van der Waals surface area contributed by atoms with Crippen molar-refractivity contribution in [1.29, 1.82) is 0 Å². The molecular formula is C16H31NO6S. The third-order valence-corrected chi connectivity index (χ3v) is 4.16. The lowest BCUT2D eigenvalue weighted by molar-refractivity contribution is -0.0639. The van der Waals surface area contributed by atoms with Crippen LogP contribution in [0.5, 0.6) is 0 Å². The zero-order valence-corrected chi connectivity index (χ0v) is 16.8. The van der Waals surface area contributed by atoms with Gasteiger partial charge in [0.15, 0.2) is 0 Å². The van der Waals surface area contributed by atoms with Gasteiger partial charge in [-0.05, 0) is 46.5 Å². The maximum Gasteiger partial charge on any atom is 0.412 e. The standard InChI is InChI=1S/C16H31NO6S/c1-14(2,3)23-13(18)17-12(10-21-16(17,6)7)9-15(4,5)11-22-24(8,19)20/h12H,9-11H2,1-8H3. The number of hydrogen-bond acceptors (Lipinski definition) is 6. The van der Waals surface area contributed by atoms with E-state index in [1.165, 1.54) is 0 Å². The summed E-state index contributed by atoms with van der Waals surface area (Å²) in [6, 6.07) is -0.215. The summed E-state index contributed by atoms with van der Waals surface area (Å²) in [5.74, 6) is 0. The van der Waals surface area contributed by atoms with Crippen molar-refractivity contribution in [3.05, 3.63) is 0 Å². The average molecular weight is 365 g/mol. The third kappa shape index (κ3) is 6.57. The topological polar surface area (TPSA) is 82.1 Å². The molecule has 1 unspecified atom stereocenters. The Morgan fingerprint density at radius 2 is 1.79 bits per heavy atom. The average Bonchev–Trinajstić information content (AvgIpc) is 2.58. The van der Waals surface area contributed by atoms with E-state index in [0.29, 0.717) is 13.0 Å². The maximum atomic E-state index is 12.6. The van der Waals surface area contributed by atoms with Crippen molar-refractivity contribution in [1.82, 2.24) is 4.90 Å². The molecule has 1 amide bonds. The molecule has 0 spiro atoms. The molecule has 24 heavy (non-hydrogen) atoms. The summed E-state index contributed by atoms with van der Waals surface area (Å²) in [4.78, 5) is 14.2. The van der Waals surface area contributed by atoms with Gasteiger partial charge in [-0.15, -0.1) is 0 Å². The van der Waals surface area contributed by atoms with E-state index in [2.05, 4.69) is 0 Å². The highest BCUT2D eigenvalue weighted by atomic mass is 32.2. The minimum absolute atomic E-state index is 0.0465. The Kier molecular flexibility index (Phi) is 6.00. The molecule has 0 N–H and O–H groups in total. The monoisotopic (exact) mass is 365 g/mol. The van der Waals surface area contributed by atoms with Gasteiger partial charge >= 0.3 is 6.09 Å². The summed E-state index contributed by atoms with van der Waals surface area (Å²) >= 11 is 0. The molecule has 1 aliphatic heterocycles. The molecule has 0 aliphatic carbocycles. The molecule has 1 heterocycles. The number of rotatable bonds is 5. The van der Waals surface area contributed by atoms with E-state index in [0.717, 1.165) is 6.26 Å². The Morgan fingerprint density at radius 1 is 1.25 bits per heavy atom. The van der Waals surface area contributed by atoms with Gasteiger partial charge in [0.05, 0.1) is 25.5 Å². The highest BCUT2D eigenvalue weighted by molar-refractivity contribution is 7.85. The van der Waals surface area contributed by atoms with Gasteiger partial charge < -0.3 is 9.47 Å². The van der Waals surface area contributed by atoms with Gasteiger partial charge in [-0.25, -0.2) is 4.79 Å². The molecule has 0 aromatic carbocycles. The lowest BCUT2D eigenvalue weighted by atomic mass is 9.86. The van der Waals surface area contributed by atoms with Crippen LogP contribution in [0.2, 0.25) is 0 Å². The number of carbonyl (C=O) groups is 1. The molecule has 1 saturated heterocycles. The minimum Gasteiger partial charge on any atom is -0.444 e. The van der Waals surface area contributed by atoms with Crippen LogP contribution in [0.3, 0.4) is 0 Å². The summed E-state index contributed by atoms with van der Waals surface area (Å²) in [6.45, 7) is 13.3. The van der Waals surface area contributed by atoms with Gasteiger partial charge in [0.25, 0.3) is 10.1 Å². The van der Waals surface area contributed by atoms with E-state index in [1.54, 1.807) is 4.90 Å². The summed E-state index contributed by atoms with van der Waals surface area (Å²) < 4.78 is 38.6. The molecule has 0 saturated carbocycles. The first kappa shape index (κ1) is 21.2. The lowest BCUT2D eigenvalue weighted by Gasteiger charge is -2.37. The fourth-order valence-electron chi connectivity index (χ4n) is 2.68. The summed E-state index contributed by atoms with van der Waals surface area (Å²) in [6.07, 6.45) is 1.12. The van der Waals surface area contributed by atoms with Gasteiger partial charge in [0.2, 0.25) is 0 Å². The highest BCUT2D eigenvalue weighted by Gasteiger charge is 2.47.